The maximum Gasteiger partial charge on any atom is 0.233 e. The van der Waals surface area contributed by atoms with E-state index >= 15 is 0 Å². The molecule has 2 heterocycles. The highest BCUT2D eigenvalue weighted by atomic mass is 35.5. The van der Waals surface area contributed by atoms with Gasteiger partial charge in [0.15, 0.2) is 5.82 Å². The Morgan fingerprint density at radius 2 is 2.00 bits per heavy atom. The van der Waals surface area contributed by atoms with E-state index in [0.717, 1.165) is 5.56 Å². The quantitative estimate of drug-likeness (QED) is 0.792. The molecule has 2 aromatic rings. The molecular formula is C14H13ClN4O. The van der Waals surface area contributed by atoms with Crippen molar-refractivity contribution in [3.63, 3.8) is 0 Å². The van der Waals surface area contributed by atoms with Crippen LogP contribution in [0.5, 0.6) is 0 Å². The summed E-state index contributed by atoms with van der Waals surface area (Å²) in [5.41, 5.74) is 2.20. The van der Waals surface area contributed by atoms with E-state index in [1.165, 1.54) is 0 Å². The molecule has 0 aliphatic carbocycles. The first-order valence-electron chi connectivity index (χ1n) is 6.29. The predicted octanol–water partition coefficient (Wildman–Crippen LogP) is 2.59. The number of hydrogen-bond donors (Lipinski definition) is 2. The van der Waals surface area contributed by atoms with Crippen LogP contribution in [0.1, 0.15) is 17.2 Å². The Morgan fingerprint density at radius 1 is 1.25 bits per heavy atom. The van der Waals surface area contributed by atoms with Gasteiger partial charge in [-0.3, -0.25) is 4.79 Å². The molecule has 5 nitrogen and oxygen atoms in total. The fraction of sp³-hybridized carbons (Fsp3) is 0.214. The summed E-state index contributed by atoms with van der Waals surface area (Å²) in [4.78, 5) is 20.6. The normalized spacial score (nSPS) is 17.7. The van der Waals surface area contributed by atoms with Crippen molar-refractivity contribution >= 4 is 29.0 Å². The van der Waals surface area contributed by atoms with Crippen LogP contribution in [0.3, 0.4) is 0 Å². The van der Waals surface area contributed by atoms with Crippen molar-refractivity contribution in [3.8, 4) is 0 Å². The van der Waals surface area contributed by atoms with Gasteiger partial charge >= 0.3 is 0 Å². The van der Waals surface area contributed by atoms with Crippen LogP contribution in [0, 0.1) is 6.92 Å². The van der Waals surface area contributed by atoms with Gasteiger partial charge in [0.1, 0.15) is 5.69 Å². The van der Waals surface area contributed by atoms with Gasteiger partial charge in [-0.05, 0) is 24.1 Å². The highest BCUT2D eigenvalue weighted by Gasteiger charge is 2.26. The lowest BCUT2D eigenvalue weighted by molar-refractivity contribution is -0.117. The van der Waals surface area contributed by atoms with E-state index in [-0.39, 0.29) is 17.1 Å². The zero-order valence-corrected chi connectivity index (χ0v) is 11.6. The third kappa shape index (κ3) is 2.32. The number of halogens is 1. The number of nitrogens with zero attached hydrogens (tertiary/aromatic N) is 2. The minimum absolute atomic E-state index is 0.0727. The average molecular weight is 289 g/mol. The van der Waals surface area contributed by atoms with Crippen LogP contribution < -0.4 is 10.6 Å². The summed E-state index contributed by atoms with van der Waals surface area (Å²) in [6.45, 7) is 2.26. The molecule has 0 fully saturated rings. The van der Waals surface area contributed by atoms with Crippen molar-refractivity contribution in [2.75, 3.05) is 17.2 Å². The Balaban J connectivity index is 1.97. The SMILES string of the molecule is Cc1nc(Cl)nc2c1NC(=O)C(c1ccccc1)CN2. The highest BCUT2D eigenvalue weighted by molar-refractivity contribution is 6.28. The summed E-state index contributed by atoms with van der Waals surface area (Å²) < 4.78 is 0. The Hall–Kier alpha value is -2.14. The largest absolute Gasteiger partial charge is 0.367 e. The molecule has 1 aliphatic rings. The minimum Gasteiger partial charge on any atom is -0.367 e. The van der Waals surface area contributed by atoms with E-state index in [1.807, 2.05) is 30.3 Å². The zero-order valence-electron chi connectivity index (χ0n) is 10.9. The number of hydrogen-bond acceptors (Lipinski definition) is 4. The monoisotopic (exact) mass is 288 g/mol. The van der Waals surface area contributed by atoms with Crippen molar-refractivity contribution in [2.45, 2.75) is 12.8 Å². The Labute approximate surface area is 121 Å². The Kier molecular flexibility index (Phi) is 3.28. The average Bonchev–Trinajstić information content (AvgIpc) is 2.59. The first-order chi connectivity index (χ1) is 9.65. The van der Waals surface area contributed by atoms with E-state index in [2.05, 4.69) is 20.6 Å². The Morgan fingerprint density at radius 3 is 2.75 bits per heavy atom. The summed E-state index contributed by atoms with van der Waals surface area (Å²) in [6.07, 6.45) is 0. The minimum atomic E-state index is -0.274. The summed E-state index contributed by atoms with van der Waals surface area (Å²) in [5.74, 6) is 0.217. The fourth-order valence-corrected chi connectivity index (χ4v) is 2.48. The van der Waals surface area contributed by atoms with E-state index in [4.69, 9.17) is 11.6 Å². The number of aromatic nitrogens is 2. The number of anilines is 2. The van der Waals surface area contributed by atoms with Crippen LogP contribution in [-0.2, 0) is 4.79 Å². The van der Waals surface area contributed by atoms with Gasteiger partial charge in [-0.2, -0.15) is 4.98 Å². The molecule has 0 radical (unpaired) electrons. The number of fused-ring (bicyclic) bond motifs is 1. The number of carbonyl (C=O) groups excluding carboxylic acids is 1. The highest BCUT2D eigenvalue weighted by Crippen LogP contribution is 2.30. The predicted molar refractivity (Wildman–Crippen MR) is 78.1 cm³/mol. The number of carbonyl (C=O) groups is 1. The number of rotatable bonds is 1. The molecule has 3 rings (SSSR count). The lowest BCUT2D eigenvalue weighted by Gasteiger charge is -2.13. The molecular weight excluding hydrogens is 276 g/mol. The molecule has 1 atom stereocenters. The van der Waals surface area contributed by atoms with Gasteiger partial charge in [-0.15, -0.1) is 0 Å². The molecule has 1 aromatic carbocycles. The third-order valence-electron chi connectivity index (χ3n) is 3.30. The van der Waals surface area contributed by atoms with Crippen LogP contribution in [0.15, 0.2) is 30.3 Å². The molecule has 1 amide bonds. The molecule has 1 aliphatic heterocycles. The summed E-state index contributed by atoms with van der Waals surface area (Å²) in [5, 5.41) is 6.22. The summed E-state index contributed by atoms with van der Waals surface area (Å²) in [6, 6.07) is 9.64. The summed E-state index contributed by atoms with van der Waals surface area (Å²) >= 11 is 5.85. The van der Waals surface area contributed by atoms with Gasteiger partial charge in [0.05, 0.1) is 11.6 Å². The number of nitrogens with one attached hydrogen (secondary N) is 2. The van der Waals surface area contributed by atoms with Crippen LogP contribution in [0.25, 0.3) is 0 Å². The van der Waals surface area contributed by atoms with Crippen LogP contribution >= 0.6 is 11.6 Å². The van der Waals surface area contributed by atoms with Crippen LogP contribution in [-0.4, -0.2) is 22.4 Å². The molecule has 1 aromatic heterocycles. The molecule has 102 valence electrons. The zero-order chi connectivity index (χ0) is 14.1. The molecule has 0 saturated carbocycles. The Bertz CT molecular complexity index is 660. The molecule has 0 spiro atoms. The van der Waals surface area contributed by atoms with Gasteiger partial charge in [0.25, 0.3) is 0 Å². The lowest BCUT2D eigenvalue weighted by Crippen LogP contribution is -2.23. The van der Waals surface area contributed by atoms with Gasteiger partial charge in [-0.1, -0.05) is 30.3 Å². The number of aryl methyl sites for hydroxylation is 1. The molecule has 0 bridgehead atoms. The van der Waals surface area contributed by atoms with Crippen molar-refractivity contribution in [2.24, 2.45) is 0 Å². The standard InChI is InChI=1S/C14H13ClN4O/c1-8-11-12(19-14(15)17-8)16-7-10(13(20)18-11)9-5-3-2-4-6-9/h2-6,10H,7H2,1H3,(H,18,20)(H,16,17,19). The maximum absolute atomic E-state index is 12.4. The molecule has 0 saturated heterocycles. The van der Waals surface area contributed by atoms with E-state index < -0.39 is 0 Å². The maximum atomic E-state index is 12.4. The third-order valence-corrected chi connectivity index (χ3v) is 3.47. The van der Waals surface area contributed by atoms with Gasteiger partial charge in [0.2, 0.25) is 11.2 Å². The van der Waals surface area contributed by atoms with Crippen molar-refractivity contribution < 1.29 is 4.79 Å². The molecule has 1 unspecified atom stereocenters. The smallest absolute Gasteiger partial charge is 0.233 e. The fourth-order valence-electron chi connectivity index (χ4n) is 2.27. The molecule has 2 N–H and O–H groups in total. The second kappa shape index (κ2) is 5.09. The first kappa shape index (κ1) is 12.9. The van der Waals surface area contributed by atoms with Gasteiger partial charge < -0.3 is 10.6 Å². The second-order valence-electron chi connectivity index (χ2n) is 4.64. The van der Waals surface area contributed by atoms with Gasteiger partial charge in [-0.25, -0.2) is 4.98 Å². The molecule has 6 heteroatoms. The van der Waals surface area contributed by atoms with Crippen LogP contribution in [0.4, 0.5) is 11.5 Å². The number of benzene rings is 1. The van der Waals surface area contributed by atoms with Crippen molar-refractivity contribution in [1.82, 2.24) is 9.97 Å². The van der Waals surface area contributed by atoms with Crippen molar-refractivity contribution in [1.29, 1.82) is 0 Å². The van der Waals surface area contributed by atoms with E-state index in [9.17, 15) is 4.79 Å². The van der Waals surface area contributed by atoms with Gasteiger partial charge in [0, 0.05) is 6.54 Å². The lowest BCUT2D eigenvalue weighted by atomic mass is 9.98. The molecule has 20 heavy (non-hydrogen) atoms. The topological polar surface area (TPSA) is 66.9 Å². The van der Waals surface area contributed by atoms with E-state index in [1.54, 1.807) is 6.92 Å². The van der Waals surface area contributed by atoms with Crippen LogP contribution in [0.2, 0.25) is 5.28 Å². The second-order valence-corrected chi connectivity index (χ2v) is 4.97. The van der Waals surface area contributed by atoms with E-state index in [0.29, 0.717) is 23.7 Å². The van der Waals surface area contributed by atoms with Crippen molar-refractivity contribution in [3.05, 3.63) is 46.9 Å². The number of amides is 1. The first-order valence-corrected chi connectivity index (χ1v) is 6.67. The summed E-state index contributed by atoms with van der Waals surface area (Å²) in [7, 11) is 0.